The molecule has 2 aromatic rings. The van der Waals surface area contributed by atoms with Gasteiger partial charge >= 0.3 is 0 Å². The average Bonchev–Trinajstić information content (AvgIpc) is 2.46. The van der Waals surface area contributed by atoms with Crippen molar-refractivity contribution in [2.24, 2.45) is 0 Å². The number of alkyl halides is 1. The summed E-state index contributed by atoms with van der Waals surface area (Å²) in [4.78, 5) is 0. The lowest BCUT2D eigenvalue weighted by atomic mass is 10.2. The quantitative estimate of drug-likeness (QED) is 0.672. The van der Waals surface area contributed by atoms with Gasteiger partial charge in [-0.3, -0.25) is 0 Å². The number of benzene rings is 1. The average molecular weight is 280 g/mol. The molecule has 1 heterocycles. The summed E-state index contributed by atoms with van der Waals surface area (Å²) in [7, 11) is 0. The molecule has 4 heteroatoms. The number of rotatable bonds is 1. The van der Waals surface area contributed by atoms with E-state index in [0.29, 0.717) is 10.6 Å². The molecule has 13 heavy (non-hydrogen) atoms. The normalized spacial score (nSPS) is 11.0. The number of halogens is 3. The lowest BCUT2D eigenvalue weighted by molar-refractivity contribution is 0.640. The second kappa shape index (κ2) is 3.56. The van der Waals surface area contributed by atoms with Crippen LogP contribution in [0.4, 0.5) is 4.39 Å². The molecule has 0 unspecified atom stereocenters. The predicted octanol–water partition coefficient (Wildman–Crippen LogP) is 4.54. The molecule has 0 bridgehead atoms. The fraction of sp³-hybridized carbons (Fsp3) is 0.111. The Morgan fingerprint density at radius 3 is 2.85 bits per heavy atom. The summed E-state index contributed by atoms with van der Waals surface area (Å²) in [6.45, 7) is 0. The number of thiophene rings is 1. The SMILES string of the molecule is Fc1cc(CCl)cc2cc(Br)sc12. The molecular weight excluding hydrogens is 275 g/mol. The topological polar surface area (TPSA) is 0 Å². The van der Waals surface area contributed by atoms with Crippen LogP contribution in [0.2, 0.25) is 0 Å². The van der Waals surface area contributed by atoms with Crippen LogP contribution in [0.1, 0.15) is 5.56 Å². The standard InChI is InChI=1S/C9H5BrClFS/c10-8-3-6-1-5(4-11)2-7(12)9(6)13-8/h1-3H,4H2. The number of hydrogen-bond acceptors (Lipinski definition) is 1. The van der Waals surface area contributed by atoms with E-state index in [1.165, 1.54) is 17.4 Å². The summed E-state index contributed by atoms with van der Waals surface area (Å²) in [6.07, 6.45) is 0. The molecule has 0 amide bonds. The molecule has 0 aliphatic heterocycles. The smallest absolute Gasteiger partial charge is 0.141 e. The molecule has 0 N–H and O–H groups in total. The van der Waals surface area contributed by atoms with Crippen molar-refractivity contribution in [2.75, 3.05) is 0 Å². The molecule has 0 saturated carbocycles. The molecule has 0 aliphatic rings. The molecule has 0 fully saturated rings. The van der Waals surface area contributed by atoms with Gasteiger partial charge in [-0.1, -0.05) is 0 Å². The molecule has 0 atom stereocenters. The van der Waals surface area contributed by atoms with Crippen molar-refractivity contribution in [2.45, 2.75) is 5.88 Å². The van der Waals surface area contributed by atoms with Crippen LogP contribution in [0, 0.1) is 5.82 Å². The minimum Gasteiger partial charge on any atom is -0.205 e. The summed E-state index contributed by atoms with van der Waals surface area (Å²) < 4.78 is 15.0. The summed E-state index contributed by atoms with van der Waals surface area (Å²) in [5, 5.41) is 0.910. The van der Waals surface area contributed by atoms with Crippen LogP contribution in [-0.4, -0.2) is 0 Å². The first kappa shape index (κ1) is 9.44. The van der Waals surface area contributed by atoms with E-state index in [1.807, 2.05) is 12.1 Å². The zero-order chi connectivity index (χ0) is 9.42. The molecule has 68 valence electrons. The van der Waals surface area contributed by atoms with E-state index in [4.69, 9.17) is 11.6 Å². The van der Waals surface area contributed by atoms with E-state index in [0.717, 1.165) is 14.7 Å². The molecule has 1 aromatic carbocycles. The van der Waals surface area contributed by atoms with Gasteiger partial charge in [0.15, 0.2) is 0 Å². The first-order chi connectivity index (χ1) is 6.20. The van der Waals surface area contributed by atoms with Gasteiger partial charge in [-0.25, -0.2) is 4.39 Å². The molecule has 0 spiro atoms. The number of fused-ring (bicyclic) bond motifs is 1. The highest BCUT2D eigenvalue weighted by atomic mass is 79.9. The predicted molar refractivity (Wildman–Crippen MR) is 59.0 cm³/mol. The fourth-order valence-corrected chi connectivity index (χ4v) is 2.87. The van der Waals surface area contributed by atoms with Crippen molar-refractivity contribution in [3.63, 3.8) is 0 Å². The van der Waals surface area contributed by atoms with Crippen molar-refractivity contribution in [3.05, 3.63) is 33.4 Å². The van der Waals surface area contributed by atoms with E-state index in [2.05, 4.69) is 15.9 Å². The Labute approximate surface area is 92.5 Å². The zero-order valence-corrected chi connectivity index (χ0v) is 9.64. The fourth-order valence-electron chi connectivity index (χ4n) is 1.21. The van der Waals surface area contributed by atoms with Crippen molar-refractivity contribution in [3.8, 4) is 0 Å². The van der Waals surface area contributed by atoms with Crippen molar-refractivity contribution >= 4 is 49.0 Å². The molecule has 0 radical (unpaired) electrons. The van der Waals surface area contributed by atoms with Gasteiger partial charge in [0.1, 0.15) is 5.82 Å². The van der Waals surface area contributed by atoms with Crippen LogP contribution in [0.15, 0.2) is 22.0 Å². The maximum Gasteiger partial charge on any atom is 0.141 e. The van der Waals surface area contributed by atoms with Crippen molar-refractivity contribution < 1.29 is 4.39 Å². The Balaban J connectivity index is 2.75. The largest absolute Gasteiger partial charge is 0.205 e. The summed E-state index contributed by atoms with van der Waals surface area (Å²) >= 11 is 10.4. The first-order valence-electron chi connectivity index (χ1n) is 3.64. The third-order valence-electron chi connectivity index (χ3n) is 1.75. The van der Waals surface area contributed by atoms with Crippen molar-refractivity contribution in [1.82, 2.24) is 0 Å². The van der Waals surface area contributed by atoms with Crippen LogP contribution >= 0.6 is 38.9 Å². The lowest BCUT2D eigenvalue weighted by Crippen LogP contribution is -1.80. The van der Waals surface area contributed by atoms with E-state index in [9.17, 15) is 4.39 Å². The Kier molecular flexibility index (Phi) is 2.58. The van der Waals surface area contributed by atoms with Crippen LogP contribution in [-0.2, 0) is 5.88 Å². The van der Waals surface area contributed by atoms with Gasteiger partial charge in [-0.2, -0.15) is 0 Å². The van der Waals surface area contributed by atoms with E-state index < -0.39 is 0 Å². The van der Waals surface area contributed by atoms with Gasteiger partial charge in [0.2, 0.25) is 0 Å². The van der Waals surface area contributed by atoms with Crippen LogP contribution < -0.4 is 0 Å². The first-order valence-corrected chi connectivity index (χ1v) is 5.78. The van der Waals surface area contributed by atoms with Gasteiger partial charge < -0.3 is 0 Å². The summed E-state index contributed by atoms with van der Waals surface area (Å²) in [5.41, 5.74) is 0.817. The molecule has 0 saturated heterocycles. The highest BCUT2D eigenvalue weighted by Crippen LogP contribution is 2.32. The molecule has 2 rings (SSSR count). The van der Waals surface area contributed by atoms with Crippen LogP contribution in [0.3, 0.4) is 0 Å². The monoisotopic (exact) mass is 278 g/mol. The minimum absolute atomic E-state index is 0.191. The third kappa shape index (κ3) is 1.73. The van der Waals surface area contributed by atoms with Gasteiger partial charge in [-0.05, 0) is 45.1 Å². The second-order valence-corrected chi connectivity index (χ2v) is 5.38. The maximum atomic E-state index is 13.4. The van der Waals surface area contributed by atoms with Gasteiger partial charge in [0.05, 0.1) is 8.49 Å². The van der Waals surface area contributed by atoms with Crippen molar-refractivity contribution in [1.29, 1.82) is 0 Å². The molecular formula is C9H5BrClFS. The summed E-state index contributed by atoms with van der Waals surface area (Å²) in [6, 6.07) is 5.30. The Bertz CT molecular complexity index is 452. The Hall–Kier alpha value is -0.120. The van der Waals surface area contributed by atoms with Gasteiger partial charge in [0.25, 0.3) is 0 Å². The zero-order valence-electron chi connectivity index (χ0n) is 6.48. The van der Waals surface area contributed by atoms with Crippen LogP contribution in [0.5, 0.6) is 0 Å². The maximum absolute atomic E-state index is 13.4. The highest BCUT2D eigenvalue weighted by molar-refractivity contribution is 9.11. The molecule has 0 nitrogen and oxygen atoms in total. The highest BCUT2D eigenvalue weighted by Gasteiger charge is 2.06. The molecule has 0 aliphatic carbocycles. The number of hydrogen-bond donors (Lipinski definition) is 0. The van der Waals surface area contributed by atoms with Crippen LogP contribution in [0.25, 0.3) is 10.1 Å². The van der Waals surface area contributed by atoms with E-state index in [-0.39, 0.29) is 5.82 Å². The Morgan fingerprint density at radius 2 is 2.15 bits per heavy atom. The third-order valence-corrected chi connectivity index (χ3v) is 3.73. The summed E-state index contributed by atoms with van der Waals surface area (Å²) in [5.74, 6) is 0.157. The van der Waals surface area contributed by atoms with E-state index in [1.54, 1.807) is 0 Å². The van der Waals surface area contributed by atoms with Gasteiger partial charge in [0, 0.05) is 5.88 Å². The second-order valence-electron chi connectivity index (χ2n) is 2.68. The minimum atomic E-state index is -0.191. The lowest BCUT2D eigenvalue weighted by Gasteiger charge is -1.96. The Morgan fingerprint density at radius 1 is 1.38 bits per heavy atom. The van der Waals surface area contributed by atoms with E-state index >= 15 is 0 Å². The molecule has 1 aromatic heterocycles. The van der Waals surface area contributed by atoms with Gasteiger partial charge in [-0.15, -0.1) is 22.9 Å².